The van der Waals surface area contributed by atoms with E-state index in [1.54, 1.807) is 0 Å². The standard InChI is InChI=1S/C14H17NO/c1-5-11-10(4)15-13-9(3)6-8(2)7-12(13)14(11)16/h6-7H,5H2,1-4H3,(H,15,16). The van der Waals surface area contributed by atoms with Crippen molar-refractivity contribution >= 4 is 10.9 Å². The highest BCUT2D eigenvalue weighted by molar-refractivity contribution is 5.83. The Balaban J connectivity index is 2.99. The largest absolute Gasteiger partial charge is 0.358 e. The Hall–Kier alpha value is -1.57. The van der Waals surface area contributed by atoms with Crippen LogP contribution in [0.1, 0.15) is 29.3 Å². The summed E-state index contributed by atoms with van der Waals surface area (Å²) in [5, 5.41) is 0.819. The Morgan fingerprint density at radius 1 is 1.19 bits per heavy atom. The number of aromatic nitrogens is 1. The van der Waals surface area contributed by atoms with E-state index < -0.39 is 0 Å². The first-order valence-electron chi connectivity index (χ1n) is 5.67. The molecule has 0 radical (unpaired) electrons. The van der Waals surface area contributed by atoms with Crippen molar-refractivity contribution in [3.05, 3.63) is 44.7 Å². The maximum absolute atomic E-state index is 12.3. The third-order valence-electron chi connectivity index (χ3n) is 3.12. The van der Waals surface area contributed by atoms with Gasteiger partial charge in [-0.15, -0.1) is 0 Å². The molecule has 0 unspecified atom stereocenters. The van der Waals surface area contributed by atoms with Gasteiger partial charge < -0.3 is 4.98 Å². The monoisotopic (exact) mass is 215 g/mol. The maximum Gasteiger partial charge on any atom is 0.192 e. The summed E-state index contributed by atoms with van der Waals surface area (Å²) in [4.78, 5) is 15.6. The summed E-state index contributed by atoms with van der Waals surface area (Å²) < 4.78 is 0. The fourth-order valence-corrected chi connectivity index (χ4v) is 2.33. The number of benzene rings is 1. The molecule has 2 nitrogen and oxygen atoms in total. The zero-order chi connectivity index (χ0) is 11.9. The molecule has 2 heteroatoms. The summed E-state index contributed by atoms with van der Waals surface area (Å²) in [5.74, 6) is 0. The van der Waals surface area contributed by atoms with Crippen LogP contribution in [0.2, 0.25) is 0 Å². The van der Waals surface area contributed by atoms with Gasteiger partial charge >= 0.3 is 0 Å². The van der Waals surface area contributed by atoms with Crippen molar-refractivity contribution in [1.82, 2.24) is 4.98 Å². The third kappa shape index (κ3) is 1.54. The highest BCUT2D eigenvalue weighted by atomic mass is 16.1. The van der Waals surface area contributed by atoms with Gasteiger partial charge in [0.25, 0.3) is 0 Å². The molecule has 84 valence electrons. The van der Waals surface area contributed by atoms with Gasteiger partial charge in [0.2, 0.25) is 0 Å². The van der Waals surface area contributed by atoms with Crippen LogP contribution in [0, 0.1) is 20.8 Å². The molecule has 0 saturated carbocycles. The predicted molar refractivity (Wildman–Crippen MR) is 68.2 cm³/mol. The van der Waals surface area contributed by atoms with Crippen molar-refractivity contribution in [2.75, 3.05) is 0 Å². The van der Waals surface area contributed by atoms with Gasteiger partial charge in [-0.05, 0) is 44.4 Å². The molecule has 1 heterocycles. The van der Waals surface area contributed by atoms with Crippen molar-refractivity contribution in [2.24, 2.45) is 0 Å². The summed E-state index contributed by atoms with van der Waals surface area (Å²) in [6.07, 6.45) is 0.782. The van der Waals surface area contributed by atoms with Gasteiger partial charge in [-0.1, -0.05) is 13.0 Å². The van der Waals surface area contributed by atoms with Crippen LogP contribution in [0.4, 0.5) is 0 Å². The van der Waals surface area contributed by atoms with Crippen molar-refractivity contribution in [1.29, 1.82) is 0 Å². The lowest BCUT2D eigenvalue weighted by molar-refractivity contribution is 1.05. The van der Waals surface area contributed by atoms with Crippen LogP contribution in [0.5, 0.6) is 0 Å². The molecule has 2 rings (SSSR count). The smallest absolute Gasteiger partial charge is 0.192 e. The molecule has 0 bridgehead atoms. The highest BCUT2D eigenvalue weighted by Gasteiger charge is 2.09. The number of pyridine rings is 1. The molecule has 1 N–H and O–H groups in total. The van der Waals surface area contributed by atoms with Crippen LogP contribution in [0.25, 0.3) is 10.9 Å². The minimum atomic E-state index is 0.181. The fourth-order valence-electron chi connectivity index (χ4n) is 2.33. The topological polar surface area (TPSA) is 32.9 Å². The number of rotatable bonds is 1. The molecule has 0 aliphatic rings. The van der Waals surface area contributed by atoms with E-state index in [1.807, 2.05) is 33.8 Å². The first kappa shape index (κ1) is 10.9. The third-order valence-corrected chi connectivity index (χ3v) is 3.12. The molecular weight excluding hydrogens is 198 g/mol. The summed E-state index contributed by atoms with van der Waals surface area (Å²) in [5.41, 5.74) is 5.33. The molecule has 0 aliphatic heterocycles. The number of fused-ring (bicyclic) bond motifs is 1. The van der Waals surface area contributed by atoms with Crippen LogP contribution in [0.3, 0.4) is 0 Å². The number of nitrogens with one attached hydrogen (secondary N) is 1. The van der Waals surface area contributed by atoms with Crippen molar-refractivity contribution in [2.45, 2.75) is 34.1 Å². The average Bonchev–Trinajstić information content (AvgIpc) is 2.21. The van der Waals surface area contributed by atoms with Gasteiger partial charge in [-0.2, -0.15) is 0 Å². The van der Waals surface area contributed by atoms with E-state index >= 15 is 0 Å². The van der Waals surface area contributed by atoms with Crippen molar-refractivity contribution in [3.63, 3.8) is 0 Å². The molecule has 1 aromatic carbocycles. The average molecular weight is 215 g/mol. The van der Waals surface area contributed by atoms with Gasteiger partial charge in [-0.3, -0.25) is 4.79 Å². The summed E-state index contributed by atoms with van der Waals surface area (Å²) in [6, 6.07) is 4.07. The van der Waals surface area contributed by atoms with E-state index in [0.29, 0.717) is 0 Å². The van der Waals surface area contributed by atoms with Crippen LogP contribution >= 0.6 is 0 Å². The first-order chi connectivity index (χ1) is 7.54. The van der Waals surface area contributed by atoms with Crippen molar-refractivity contribution in [3.8, 4) is 0 Å². The Bertz CT molecular complexity index is 608. The second-order valence-corrected chi connectivity index (χ2v) is 4.42. The lowest BCUT2D eigenvalue weighted by Gasteiger charge is -2.09. The van der Waals surface area contributed by atoms with Crippen LogP contribution in [-0.4, -0.2) is 4.98 Å². The molecule has 0 fully saturated rings. The minimum absolute atomic E-state index is 0.181. The Morgan fingerprint density at radius 3 is 2.50 bits per heavy atom. The number of H-pyrrole nitrogens is 1. The Labute approximate surface area is 95.3 Å². The molecule has 0 amide bonds. The molecule has 1 aromatic heterocycles. The lowest BCUT2D eigenvalue weighted by atomic mass is 10.0. The van der Waals surface area contributed by atoms with E-state index in [9.17, 15) is 4.79 Å². The zero-order valence-corrected chi connectivity index (χ0v) is 10.3. The molecular formula is C14H17NO. The van der Waals surface area contributed by atoms with Gasteiger partial charge in [0.1, 0.15) is 0 Å². The zero-order valence-electron chi connectivity index (χ0n) is 10.3. The summed E-state index contributed by atoms with van der Waals surface area (Å²) >= 11 is 0. The quantitative estimate of drug-likeness (QED) is 0.779. The molecule has 0 aliphatic carbocycles. The van der Waals surface area contributed by atoms with E-state index in [2.05, 4.69) is 11.1 Å². The van der Waals surface area contributed by atoms with Crippen LogP contribution in [-0.2, 0) is 6.42 Å². The van der Waals surface area contributed by atoms with E-state index in [4.69, 9.17) is 0 Å². The fraction of sp³-hybridized carbons (Fsp3) is 0.357. The molecule has 0 atom stereocenters. The molecule has 2 aromatic rings. The molecule has 0 spiro atoms. The van der Waals surface area contributed by atoms with Gasteiger partial charge in [-0.25, -0.2) is 0 Å². The van der Waals surface area contributed by atoms with Gasteiger partial charge in [0.05, 0.1) is 5.52 Å². The number of hydrogen-bond donors (Lipinski definition) is 1. The Kier molecular flexibility index (Phi) is 2.58. The SMILES string of the molecule is CCc1c(C)[nH]c2c(C)cc(C)cc2c1=O. The number of aryl methyl sites for hydroxylation is 3. The highest BCUT2D eigenvalue weighted by Crippen LogP contribution is 2.17. The maximum atomic E-state index is 12.3. The predicted octanol–water partition coefficient (Wildman–Crippen LogP) is 3.02. The van der Waals surface area contributed by atoms with Gasteiger partial charge in [0, 0.05) is 16.6 Å². The normalized spacial score (nSPS) is 11.0. The van der Waals surface area contributed by atoms with Crippen LogP contribution in [0.15, 0.2) is 16.9 Å². The summed E-state index contributed by atoms with van der Waals surface area (Å²) in [6.45, 7) is 8.05. The van der Waals surface area contributed by atoms with E-state index in [0.717, 1.165) is 39.7 Å². The summed E-state index contributed by atoms with van der Waals surface area (Å²) in [7, 11) is 0. The first-order valence-corrected chi connectivity index (χ1v) is 5.67. The Morgan fingerprint density at radius 2 is 1.88 bits per heavy atom. The van der Waals surface area contributed by atoms with Gasteiger partial charge in [0.15, 0.2) is 5.43 Å². The van der Waals surface area contributed by atoms with Crippen molar-refractivity contribution < 1.29 is 0 Å². The second kappa shape index (κ2) is 3.78. The second-order valence-electron chi connectivity index (χ2n) is 4.42. The van der Waals surface area contributed by atoms with E-state index in [1.165, 1.54) is 0 Å². The van der Waals surface area contributed by atoms with E-state index in [-0.39, 0.29) is 5.43 Å². The minimum Gasteiger partial charge on any atom is -0.358 e. The molecule has 0 saturated heterocycles. The molecule has 16 heavy (non-hydrogen) atoms. The number of aromatic amines is 1. The number of hydrogen-bond acceptors (Lipinski definition) is 1. The van der Waals surface area contributed by atoms with Crippen LogP contribution < -0.4 is 5.43 Å². The lowest BCUT2D eigenvalue weighted by Crippen LogP contribution is -2.13.